The molecule has 3 N–H and O–H groups in total. The Labute approximate surface area is 75.0 Å². The minimum atomic E-state index is -2.86. The van der Waals surface area contributed by atoms with Crippen LogP contribution in [0, 0.1) is 0 Å². The van der Waals surface area contributed by atoms with E-state index >= 15 is 0 Å². The lowest BCUT2D eigenvalue weighted by atomic mass is 10.3. The van der Waals surface area contributed by atoms with Crippen molar-refractivity contribution in [2.24, 2.45) is 5.73 Å². The zero-order valence-electron chi connectivity index (χ0n) is 7.00. The molecular formula is C8H11F2N3. The van der Waals surface area contributed by atoms with Gasteiger partial charge < -0.3 is 11.1 Å². The molecule has 1 aromatic rings. The molecule has 1 aromatic heterocycles. The van der Waals surface area contributed by atoms with Gasteiger partial charge in [-0.2, -0.15) is 0 Å². The maximum absolute atomic E-state index is 12.6. The zero-order valence-corrected chi connectivity index (χ0v) is 7.00. The number of rotatable bonds is 4. The Morgan fingerprint density at radius 3 is 2.54 bits per heavy atom. The third-order valence-corrected chi connectivity index (χ3v) is 1.53. The van der Waals surface area contributed by atoms with E-state index < -0.39 is 19.0 Å². The van der Waals surface area contributed by atoms with E-state index in [-0.39, 0.29) is 0 Å². The highest BCUT2D eigenvalue weighted by atomic mass is 19.3. The largest absolute Gasteiger partial charge is 0.379 e. The molecule has 0 fully saturated rings. The highest BCUT2D eigenvalue weighted by Crippen LogP contribution is 2.12. The van der Waals surface area contributed by atoms with Crippen molar-refractivity contribution < 1.29 is 8.78 Å². The molecule has 0 aromatic carbocycles. The van der Waals surface area contributed by atoms with Crippen molar-refractivity contribution in [2.75, 3.05) is 18.4 Å². The Kier molecular flexibility index (Phi) is 3.13. The van der Waals surface area contributed by atoms with E-state index in [4.69, 9.17) is 5.73 Å². The maximum atomic E-state index is 12.6. The summed E-state index contributed by atoms with van der Waals surface area (Å²) in [7, 11) is 0. The fraction of sp³-hybridized carbons (Fsp3) is 0.375. The topological polar surface area (TPSA) is 50.9 Å². The first-order valence-electron chi connectivity index (χ1n) is 3.86. The molecule has 5 heteroatoms. The Balaban J connectivity index is 2.44. The molecule has 0 bridgehead atoms. The average molecular weight is 187 g/mol. The highest BCUT2D eigenvalue weighted by Gasteiger charge is 2.25. The van der Waals surface area contributed by atoms with Crippen LogP contribution in [0.5, 0.6) is 0 Å². The van der Waals surface area contributed by atoms with Crippen LogP contribution in [0.3, 0.4) is 0 Å². The molecule has 0 aliphatic heterocycles. The number of aromatic nitrogens is 1. The first-order chi connectivity index (χ1) is 6.14. The number of anilines is 1. The number of nitrogens with zero attached hydrogens (tertiary/aromatic N) is 1. The van der Waals surface area contributed by atoms with Gasteiger partial charge in [0.25, 0.3) is 5.92 Å². The molecule has 13 heavy (non-hydrogen) atoms. The number of hydrogen-bond acceptors (Lipinski definition) is 3. The van der Waals surface area contributed by atoms with Gasteiger partial charge in [-0.25, -0.2) is 8.78 Å². The molecule has 0 radical (unpaired) electrons. The number of nitrogens with one attached hydrogen (secondary N) is 1. The van der Waals surface area contributed by atoms with Gasteiger partial charge >= 0.3 is 0 Å². The van der Waals surface area contributed by atoms with E-state index in [1.165, 1.54) is 12.4 Å². The van der Waals surface area contributed by atoms with Gasteiger partial charge in [0.15, 0.2) is 0 Å². The van der Waals surface area contributed by atoms with E-state index in [0.717, 1.165) is 0 Å². The quantitative estimate of drug-likeness (QED) is 0.741. The normalized spacial score (nSPS) is 11.3. The summed E-state index contributed by atoms with van der Waals surface area (Å²) in [6.07, 6.45) is 3.06. The van der Waals surface area contributed by atoms with Crippen LogP contribution in [-0.4, -0.2) is 24.0 Å². The summed E-state index contributed by atoms with van der Waals surface area (Å²) in [6.45, 7) is -1.10. The molecule has 1 heterocycles. The van der Waals surface area contributed by atoms with Gasteiger partial charge in [0.05, 0.1) is 13.1 Å². The maximum Gasteiger partial charge on any atom is 0.276 e. The summed E-state index contributed by atoms with van der Waals surface area (Å²) >= 11 is 0. The summed E-state index contributed by atoms with van der Waals surface area (Å²) in [6, 6.07) is 3.24. The van der Waals surface area contributed by atoms with Crippen molar-refractivity contribution in [1.29, 1.82) is 0 Å². The number of alkyl halides is 2. The SMILES string of the molecule is NCC(F)(F)CNc1ccncc1. The van der Waals surface area contributed by atoms with Crippen molar-refractivity contribution >= 4 is 5.69 Å². The van der Waals surface area contributed by atoms with Gasteiger partial charge in [0.1, 0.15) is 0 Å². The van der Waals surface area contributed by atoms with E-state index in [0.29, 0.717) is 5.69 Å². The smallest absolute Gasteiger partial charge is 0.276 e. The Hall–Kier alpha value is -1.23. The van der Waals surface area contributed by atoms with Crippen LogP contribution in [0.4, 0.5) is 14.5 Å². The van der Waals surface area contributed by atoms with Crippen LogP contribution in [0.1, 0.15) is 0 Å². The second kappa shape index (κ2) is 4.13. The average Bonchev–Trinajstić information content (AvgIpc) is 2.17. The van der Waals surface area contributed by atoms with Gasteiger partial charge in [-0.05, 0) is 12.1 Å². The van der Waals surface area contributed by atoms with Gasteiger partial charge in [0.2, 0.25) is 0 Å². The Bertz CT molecular complexity index is 251. The fourth-order valence-corrected chi connectivity index (χ4v) is 0.773. The predicted octanol–water partition coefficient (Wildman–Crippen LogP) is 1.09. The molecule has 0 unspecified atom stereocenters. The van der Waals surface area contributed by atoms with E-state index in [1.54, 1.807) is 12.1 Å². The predicted molar refractivity (Wildman–Crippen MR) is 46.7 cm³/mol. The fourth-order valence-electron chi connectivity index (χ4n) is 0.773. The molecule has 72 valence electrons. The monoisotopic (exact) mass is 187 g/mol. The van der Waals surface area contributed by atoms with Crippen LogP contribution < -0.4 is 11.1 Å². The van der Waals surface area contributed by atoms with Crippen molar-refractivity contribution in [2.45, 2.75) is 5.92 Å². The number of hydrogen-bond donors (Lipinski definition) is 2. The molecule has 0 aliphatic carbocycles. The van der Waals surface area contributed by atoms with Crippen LogP contribution in [0.2, 0.25) is 0 Å². The zero-order chi connectivity index (χ0) is 9.73. The van der Waals surface area contributed by atoms with Crippen molar-refractivity contribution in [1.82, 2.24) is 4.98 Å². The number of nitrogens with two attached hydrogens (primary N) is 1. The summed E-state index contributed by atoms with van der Waals surface area (Å²) in [5.74, 6) is -2.86. The Morgan fingerprint density at radius 1 is 1.38 bits per heavy atom. The summed E-state index contributed by atoms with van der Waals surface area (Å²) in [4.78, 5) is 3.76. The molecule has 0 amide bonds. The third kappa shape index (κ3) is 3.33. The lowest BCUT2D eigenvalue weighted by molar-refractivity contribution is 0.0254. The number of halogens is 2. The van der Waals surface area contributed by atoms with Crippen LogP contribution in [-0.2, 0) is 0 Å². The molecular weight excluding hydrogens is 176 g/mol. The number of pyridine rings is 1. The van der Waals surface area contributed by atoms with Gasteiger partial charge in [-0.3, -0.25) is 4.98 Å². The van der Waals surface area contributed by atoms with E-state index in [2.05, 4.69) is 10.3 Å². The molecule has 0 saturated carbocycles. The lowest BCUT2D eigenvalue weighted by Crippen LogP contribution is -2.35. The first-order valence-corrected chi connectivity index (χ1v) is 3.86. The molecule has 0 spiro atoms. The summed E-state index contributed by atoms with van der Waals surface area (Å²) in [5, 5.41) is 2.57. The second-order valence-corrected chi connectivity index (χ2v) is 2.65. The van der Waals surface area contributed by atoms with E-state index in [1.807, 2.05) is 0 Å². The first kappa shape index (κ1) is 9.85. The standard InChI is InChI=1S/C8H11F2N3/c9-8(10,5-11)6-13-7-1-3-12-4-2-7/h1-4H,5-6,11H2,(H,12,13). The van der Waals surface area contributed by atoms with Crippen molar-refractivity contribution in [3.05, 3.63) is 24.5 Å². The van der Waals surface area contributed by atoms with Gasteiger partial charge in [-0.15, -0.1) is 0 Å². The Morgan fingerprint density at radius 2 is 2.00 bits per heavy atom. The van der Waals surface area contributed by atoms with Gasteiger partial charge in [-0.1, -0.05) is 0 Å². The molecule has 1 rings (SSSR count). The molecule has 0 saturated heterocycles. The minimum absolute atomic E-state index is 0.451. The van der Waals surface area contributed by atoms with Crippen LogP contribution in [0.25, 0.3) is 0 Å². The minimum Gasteiger partial charge on any atom is -0.379 e. The highest BCUT2D eigenvalue weighted by molar-refractivity contribution is 5.40. The summed E-state index contributed by atoms with van der Waals surface area (Å²) < 4.78 is 25.3. The third-order valence-electron chi connectivity index (χ3n) is 1.53. The van der Waals surface area contributed by atoms with Crippen molar-refractivity contribution in [3.63, 3.8) is 0 Å². The molecule has 0 aliphatic rings. The lowest BCUT2D eigenvalue weighted by Gasteiger charge is -2.14. The van der Waals surface area contributed by atoms with Crippen LogP contribution >= 0.6 is 0 Å². The van der Waals surface area contributed by atoms with Crippen molar-refractivity contribution in [3.8, 4) is 0 Å². The van der Waals surface area contributed by atoms with Gasteiger partial charge in [0, 0.05) is 18.1 Å². The molecule has 3 nitrogen and oxygen atoms in total. The second-order valence-electron chi connectivity index (χ2n) is 2.65. The van der Waals surface area contributed by atoms with E-state index in [9.17, 15) is 8.78 Å². The molecule has 0 atom stereocenters. The summed E-state index contributed by atoms with van der Waals surface area (Å²) in [5.41, 5.74) is 5.48. The van der Waals surface area contributed by atoms with Crippen LogP contribution in [0.15, 0.2) is 24.5 Å².